The molecule has 0 saturated carbocycles. The van der Waals surface area contributed by atoms with Crippen LogP contribution in [0.5, 0.6) is 0 Å². The van der Waals surface area contributed by atoms with Gasteiger partial charge in [-0.05, 0) is 37.6 Å². The SMILES string of the molecule is Cc1ccc(-c2cc(C(=O)Nc3cc(F)ccc3C)[nH]n2)cc1. The van der Waals surface area contributed by atoms with E-state index in [2.05, 4.69) is 15.5 Å². The topological polar surface area (TPSA) is 57.8 Å². The lowest BCUT2D eigenvalue weighted by molar-refractivity contribution is 0.102. The Bertz CT molecular complexity index is 853. The van der Waals surface area contributed by atoms with E-state index >= 15 is 0 Å². The van der Waals surface area contributed by atoms with Gasteiger partial charge in [0.25, 0.3) is 5.91 Å². The van der Waals surface area contributed by atoms with Crippen LogP contribution in [0.25, 0.3) is 11.3 Å². The monoisotopic (exact) mass is 309 g/mol. The maximum atomic E-state index is 13.3. The van der Waals surface area contributed by atoms with Crippen molar-refractivity contribution in [2.45, 2.75) is 13.8 Å². The fraction of sp³-hybridized carbons (Fsp3) is 0.111. The number of hydrogen-bond donors (Lipinski definition) is 2. The molecule has 5 heteroatoms. The van der Waals surface area contributed by atoms with Crippen LogP contribution in [-0.4, -0.2) is 16.1 Å². The molecule has 0 unspecified atom stereocenters. The Balaban J connectivity index is 1.81. The van der Waals surface area contributed by atoms with E-state index in [0.29, 0.717) is 17.1 Å². The van der Waals surface area contributed by atoms with Crippen LogP contribution in [0, 0.1) is 19.7 Å². The van der Waals surface area contributed by atoms with Crippen molar-refractivity contribution in [3.8, 4) is 11.3 Å². The van der Waals surface area contributed by atoms with Crippen LogP contribution >= 0.6 is 0 Å². The summed E-state index contributed by atoms with van der Waals surface area (Å²) in [7, 11) is 0. The fourth-order valence-corrected chi connectivity index (χ4v) is 2.23. The number of amides is 1. The first kappa shape index (κ1) is 15.0. The van der Waals surface area contributed by atoms with Gasteiger partial charge in [-0.3, -0.25) is 9.89 Å². The lowest BCUT2D eigenvalue weighted by atomic mass is 10.1. The normalized spacial score (nSPS) is 10.6. The summed E-state index contributed by atoms with van der Waals surface area (Å²) < 4.78 is 13.3. The second kappa shape index (κ2) is 6.04. The molecule has 0 fully saturated rings. The molecule has 1 heterocycles. The van der Waals surface area contributed by atoms with Gasteiger partial charge >= 0.3 is 0 Å². The molecule has 116 valence electrons. The summed E-state index contributed by atoms with van der Waals surface area (Å²) in [5.74, 6) is -0.750. The molecular formula is C18H16FN3O. The number of hydrogen-bond acceptors (Lipinski definition) is 2. The largest absolute Gasteiger partial charge is 0.320 e. The summed E-state index contributed by atoms with van der Waals surface area (Å²) in [6.07, 6.45) is 0. The molecule has 1 amide bonds. The van der Waals surface area contributed by atoms with Crippen molar-refractivity contribution < 1.29 is 9.18 Å². The molecule has 0 bridgehead atoms. The fourth-order valence-electron chi connectivity index (χ4n) is 2.23. The number of carbonyl (C=O) groups is 1. The highest BCUT2D eigenvalue weighted by atomic mass is 19.1. The van der Waals surface area contributed by atoms with E-state index in [1.807, 2.05) is 31.2 Å². The smallest absolute Gasteiger partial charge is 0.273 e. The molecule has 0 atom stereocenters. The number of carbonyl (C=O) groups excluding carboxylic acids is 1. The zero-order valence-electron chi connectivity index (χ0n) is 12.9. The van der Waals surface area contributed by atoms with Gasteiger partial charge in [-0.2, -0.15) is 5.10 Å². The molecule has 0 aliphatic rings. The molecule has 2 aromatic carbocycles. The minimum absolute atomic E-state index is 0.323. The average Bonchev–Trinajstić information content (AvgIpc) is 3.02. The van der Waals surface area contributed by atoms with E-state index in [4.69, 9.17) is 0 Å². The molecule has 0 radical (unpaired) electrons. The summed E-state index contributed by atoms with van der Waals surface area (Å²) in [4.78, 5) is 12.3. The van der Waals surface area contributed by atoms with Gasteiger partial charge in [0.05, 0.1) is 5.69 Å². The number of H-pyrrole nitrogens is 1. The zero-order chi connectivity index (χ0) is 16.4. The van der Waals surface area contributed by atoms with Gasteiger partial charge in [0.2, 0.25) is 0 Å². The van der Waals surface area contributed by atoms with Crippen LogP contribution in [0.2, 0.25) is 0 Å². The average molecular weight is 309 g/mol. The van der Waals surface area contributed by atoms with Gasteiger partial charge in [0.1, 0.15) is 11.5 Å². The van der Waals surface area contributed by atoms with Gasteiger partial charge in [-0.25, -0.2) is 4.39 Å². The lowest BCUT2D eigenvalue weighted by Gasteiger charge is -2.06. The van der Waals surface area contributed by atoms with Gasteiger partial charge in [-0.1, -0.05) is 35.9 Å². The number of benzene rings is 2. The maximum Gasteiger partial charge on any atom is 0.273 e. The van der Waals surface area contributed by atoms with E-state index in [0.717, 1.165) is 16.7 Å². The van der Waals surface area contributed by atoms with Crippen molar-refractivity contribution in [2.75, 3.05) is 5.32 Å². The third-order valence-electron chi connectivity index (χ3n) is 3.62. The molecule has 0 aliphatic carbocycles. The maximum absolute atomic E-state index is 13.3. The quantitative estimate of drug-likeness (QED) is 0.765. The first-order valence-electron chi connectivity index (χ1n) is 7.23. The summed E-state index contributed by atoms with van der Waals surface area (Å²) in [5.41, 5.74) is 4.33. The number of aryl methyl sites for hydroxylation is 2. The third-order valence-corrected chi connectivity index (χ3v) is 3.62. The van der Waals surface area contributed by atoms with Crippen LogP contribution < -0.4 is 5.32 Å². The van der Waals surface area contributed by atoms with Crippen LogP contribution in [0.3, 0.4) is 0 Å². The lowest BCUT2D eigenvalue weighted by Crippen LogP contribution is -2.13. The highest BCUT2D eigenvalue weighted by molar-refractivity contribution is 6.03. The third kappa shape index (κ3) is 3.29. The molecule has 0 spiro atoms. The Morgan fingerprint density at radius 2 is 1.83 bits per heavy atom. The molecule has 3 aromatic rings. The number of aromatic nitrogens is 2. The molecule has 4 nitrogen and oxygen atoms in total. The van der Waals surface area contributed by atoms with Crippen molar-refractivity contribution >= 4 is 11.6 Å². The molecule has 23 heavy (non-hydrogen) atoms. The van der Waals surface area contributed by atoms with Crippen molar-refractivity contribution in [2.24, 2.45) is 0 Å². The minimum atomic E-state index is -0.393. The van der Waals surface area contributed by atoms with Gasteiger partial charge < -0.3 is 5.32 Å². The Kier molecular flexibility index (Phi) is 3.93. The highest BCUT2D eigenvalue weighted by Gasteiger charge is 2.12. The van der Waals surface area contributed by atoms with Crippen LogP contribution in [-0.2, 0) is 0 Å². The molecule has 0 aliphatic heterocycles. The second-order valence-corrected chi connectivity index (χ2v) is 5.45. The molecule has 3 rings (SSSR count). The van der Waals surface area contributed by atoms with Gasteiger partial charge in [-0.15, -0.1) is 0 Å². The molecule has 2 N–H and O–H groups in total. The number of halogens is 1. The summed E-state index contributed by atoms with van der Waals surface area (Å²) in [5, 5.41) is 9.57. The zero-order valence-corrected chi connectivity index (χ0v) is 12.9. The minimum Gasteiger partial charge on any atom is -0.320 e. The number of rotatable bonds is 3. The molecule has 1 aromatic heterocycles. The van der Waals surface area contributed by atoms with Crippen molar-refractivity contribution in [3.05, 3.63) is 71.2 Å². The van der Waals surface area contributed by atoms with E-state index in [1.165, 1.54) is 12.1 Å². The number of anilines is 1. The van der Waals surface area contributed by atoms with Crippen molar-refractivity contribution in [1.29, 1.82) is 0 Å². The number of aromatic amines is 1. The molecule has 0 saturated heterocycles. The van der Waals surface area contributed by atoms with E-state index in [-0.39, 0.29) is 5.91 Å². The van der Waals surface area contributed by atoms with E-state index < -0.39 is 5.82 Å². The summed E-state index contributed by atoms with van der Waals surface area (Å²) in [6, 6.07) is 13.8. The second-order valence-electron chi connectivity index (χ2n) is 5.45. The van der Waals surface area contributed by atoms with E-state index in [1.54, 1.807) is 19.1 Å². The predicted octanol–water partition coefficient (Wildman–Crippen LogP) is 4.08. The Morgan fingerprint density at radius 3 is 2.57 bits per heavy atom. The highest BCUT2D eigenvalue weighted by Crippen LogP contribution is 2.20. The summed E-state index contributed by atoms with van der Waals surface area (Å²) >= 11 is 0. The van der Waals surface area contributed by atoms with Crippen molar-refractivity contribution in [1.82, 2.24) is 10.2 Å². The van der Waals surface area contributed by atoms with Crippen LogP contribution in [0.15, 0.2) is 48.5 Å². The number of nitrogens with zero attached hydrogens (tertiary/aromatic N) is 1. The Labute approximate surface area is 133 Å². The first-order valence-corrected chi connectivity index (χ1v) is 7.23. The molecular weight excluding hydrogens is 293 g/mol. The van der Waals surface area contributed by atoms with E-state index in [9.17, 15) is 9.18 Å². The van der Waals surface area contributed by atoms with Crippen LogP contribution in [0.1, 0.15) is 21.6 Å². The number of nitrogens with one attached hydrogen (secondary N) is 2. The Morgan fingerprint density at radius 1 is 1.09 bits per heavy atom. The van der Waals surface area contributed by atoms with Gasteiger partial charge in [0, 0.05) is 11.3 Å². The Hall–Kier alpha value is -2.95. The summed E-state index contributed by atoms with van der Waals surface area (Å²) in [6.45, 7) is 3.81. The predicted molar refractivity (Wildman–Crippen MR) is 87.9 cm³/mol. The van der Waals surface area contributed by atoms with Gasteiger partial charge in [0.15, 0.2) is 0 Å². The van der Waals surface area contributed by atoms with Crippen LogP contribution in [0.4, 0.5) is 10.1 Å². The first-order chi connectivity index (χ1) is 11.0. The van der Waals surface area contributed by atoms with Crippen molar-refractivity contribution in [3.63, 3.8) is 0 Å². The standard InChI is InChI=1S/C18H16FN3O/c1-11-3-6-13(7-4-11)16-10-17(22-21-16)18(23)20-15-9-14(19)8-5-12(15)2/h3-10H,1-2H3,(H,20,23)(H,21,22).